The minimum Gasteiger partial charge on any atom is -0.360 e. The maximum atomic E-state index is 13.4. The largest absolute Gasteiger partial charge is 0.360 e. The zero-order chi connectivity index (χ0) is 22.3. The average Bonchev–Trinajstić information content (AvgIpc) is 3.05. The maximum absolute atomic E-state index is 13.4. The first kappa shape index (κ1) is 22.3. The molecule has 0 radical (unpaired) electrons. The van der Waals surface area contributed by atoms with Gasteiger partial charge in [-0.05, 0) is 45.3 Å². The van der Waals surface area contributed by atoms with Gasteiger partial charge in [0, 0.05) is 60.3 Å². The van der Waals surface area contributed by atoms with Crippen molar-refractivity contribution in [2.75, 3.05) is 24.5 Å². The molecule has 0 aromatic carbocycles. The molecule has 0 spiro atoms. The number of Topliss-reactive ketones (excluding diaryl/α,β-unsaturated/α-hetero) is 2. The molecule has 1 aliphatic heterocycles. The molecule has 0 saturated heterocycles. The minimum atomic E-state index is -0.00725. The summed E-state index contributed by atoms with van der Waals surface area (Å²) in [6, 6.07) is 0.353. The Morgan fingerprint density at radius 2 is 1.87 bits per heavy atom. The highest BCUT2D eigenvalue weighted by molar-refractivity contribution is 7.16. The van der Waals surface area contributed by atoms with E-state index < -0.39 is 0 Å². The topological polar surface area (TPSA) is 57.7 Å². The van der Waals surface area contributed by atoms with Crippen LogP contribution in [0.2, 0.25) is 0 Å². The van der Waals surface area contributed by atoms with Crippen LogP contribution in [0.1, 0.15) is 66.8 Å². The number of thiophene rings is 1. The predicted octanol–water partition coefficient (Wildman–Crippen LogP) is 4.80. The van der Waals surface area contributed by atoms with Crippen LogP contribution < -0.4 is 4.90 Å². The lowest BCUT2D eigenvalue weighted by Crippen LogP contribution is -2.40. The fourth-order valence-corrected chi connectivity index (χ4v) is 6.71. The number of carbonyl (C=O) groups is 3. The van der Waals surface area contributed by atoms with Crippen molar-refractivity contribution >= 4 is 45.4 Å². The van der Waals surface area contributed by atoms with Crippen LogP contribution in [0, 0.1) is 6.92 Å². The lowest BCUT2D eigenvalue weighted by molar-refractivity contribution is -0.120. The number of fused-ring (bicyclic) bond motifs is 1. The first-order valence-corrected chi connectivity index (χ1v) is 12.3. The van der Waals surface area contributed by atoms with Gasteiger partial charge in [-0.3, -0.25) is 14.4 Å². The van der Waals surface area contributed by atoms with Gasteiger partial charge in [-0.15, -0.1) is 11.3 Å². The monoisotopic (exact) mass is 460 g/mol. The van der Waals surface area contributed by atoms with Crippen molar-refractivity contribution in [3.8, 4) is 0 Å². The number of nitrogens with zero attached hydrogens (tertiary/aromatic N) is 2. The Balaban J connectivity index is 1.58. The maximum Gasteiger partial charge on any atom is 0.255 e. The fraction of sp³-hybridized carbons (Fsp3) is 0.542. The van der Waals surface area contributed by atoms with Gasteiger partial charge < -0.3 is 9.80 Å². The third-order valence-electron chi connectivity index (χ3n) is 6.65. The van der Waals surface area contributed by atoms with E-state index in [-0.39, 0.29) is 18.2 Å². The van der Waals surface area contributed by atoms with Crippen LogP contribution in [-0.4, -0.2) is 48.0 Å². The summed E-state index contributed by atoms with van der Waals surface area (Å²) in [5, 5.41) is 1.62. The van der Waals surface area contributed by atoms with Gasteiger partial charge in [0.05, 0.1) is 17.1 Å². The molecule has 2 aliphatic carbocycles. The molecule has 0 bridgehead atoms. The first-order valence-electron chi connectivity index (χ1n) is 11.1. The van der Waals surface area contributed by atoms with Crippen LogP contribution in [0.15, 0.2) is 22.3 Å². The van der Waals surface area contributed by atoms with Crippen LogP contribution in [0.5, 0.6) is 0 Å². The van der Waals surface area contributed by atoms with E-state index in [2.05, 4.69) is 11.8 Å². The van der Waals surface area contributed by atoms with E-state index in [0.717, 1.165) is 52.4 Å². The number of hydrogen-bond donors (Lipinski definition) is 0. The Morgan fingerprint density at radius 1 is 1.16 bits per heavy atom. The third kappa shape index (κ3) is 4.24. The Labute approximate surface area is 192 Å². The smallest absolute Gasteiger partial charge is 0.255 e. The molecular formula is C24H29ClN2O3S. The van der Waals surface area contributed by atoms with Gasteiger partial charge in [0.2, 0.25) is 0 Å². The van der Waals surface area contributed by atoms with Gasteiger partial charge in [0.25, 0.3) is 5.91 Å². The molecule has 5 nitrogen and oxygen atoms in total. The summed E-state index contributed by atoms with van der Waals surface area (Å²) in [4.78, 5) is 42.9. The third-order valence-corrected chi connectivity index (χ3v) is 8.37. The van der Waals surface area contributed by atoms with Crippen LogP contribution >= 0.6 is 22.9 Å². The van der Waals surface area contributed by atoms with Gasteiger partial charge in [-0.25, -0.2) is 0 Å². The van der Waals surface area contributed by atoms with E-state index >= 15 is 0 Å². The van der Waals surface area contributed by atoms with E-state index in [1.54, 1.807) is 16.2 Å². The van der Waals surface area contributed by atoms with Crippen LogP contribution in [0.3, 0.4) is 0 Å². The van der Waals surface area contributed by atoms with Gasteiger partial charge in [-0.2, -0.15) is 0 Å². The van der Waals surface area contributed by atoms with E-state index in [9.17, 15) is 14.4 Å². The molecule has 0 N–H and O–H groups in total. The standard InChI is InChI=1S/C24H29ClN2O3S/c1-4-27(16-5-7-17(28)8-6-16)24-15(3)22-21(31-24)9-10-26(23(22)30)13-18-19(25)11-14(2)12-20(18)29/h11,16H,4-10,12-13H2,1-3H3. The molecule has 2 heterocycles. The number of halogens is 1. The first-order chi connectivity index (χ1) is 14.8. The molecule has 4 rings (SSSR count). The fourth-order valence-electron chi connectivity index (χ4n) is 4.94. The molecule has 1 aromatic rings. The van der Waals surface area contributed by atoms with Crippen molar-refractivity contribution in [2.45, 2.75) is 65.3 Å². The minimum absolute atomic E-state index is 0.00725. The summed E-state index contributed by atoms with van der Waals surface area (Å²) in [6.45, 7) is 7.80. The Morgan fingerprint density at radius 3 is 2.52 bits per heavy atom. The van der Waals surface area contributed by atoms with Gasteiger partial charge in [-0.1, -0.05) is 17.2 Å². The van der Waals surface area contributed by atoms with Gasteiger partial charge >= 0.3 is 0 Å². The van der Waals surface area contributed by atoms with Crippen molar-refractivity contribution in [2.24, 2.45) is 0 Å². The summed E-state index contributed by atoms with van der Waals surface area (Å²) < 4.78 is 0. The van der Waals surface area contributed by atoms with E-state index in [0.29, 0.717) is 48.2 Å². The van der Waals surface area contributed by atoms with Crippen molar-refractivity contribution in [3.63, 3.8) is 0 Å². The van der Waals surface area contributed by atoms with E-state index in [1.165, 1.54) is 0 Å². The van der Waals surface area contributed by atoms with Crippen LogP contribution in [0.4, 0.5) is 5.00 Å². The zero-order valence-electron chi connectivity index (χ0n) is 18.4. The number of rotatable bonds is 5. The highest BCUT2D eigenvalue weighted by atomic mass is 35.5. The number of ketones is 2. The molecule has 7 heteroatoms. The Kier molecular flexibility index (Phi) is 6.40. The highest BCUT2D eigenvalue weighted by Crippen LogP contribution is 2.41. The number of allylic oxidation sites excluding steroid dienone is 3. The number of carbonyl (C=O) groups excluding carboxylic acids is 3. The van der Waals surface area contributed by atoms with Gasteiger partial charge in [0.1, 0.15) is 5.78 Å². The quantitative estimate of drug-likeness (QED) is 0.633. The van der Waals surface area contributed by atoms with Gasteiger partial charge in [0.15, 0.2) is 5.78 Å². The number of amides is 1. The van der Waals surface area contributed by atoms with E-state index in [4.69, 9.17) is 11.6 Å². The molecule has 1 aromatic heterocycles. The summed E-state index contributed by atoms with van der Waals surface area (Å²) in [5.74, 6) is 0.359. The summed E-state index contributed by atoms with van der Waals surface area (Å²) >= 11 is 8.07. The molecule has 0 unspecified atom stereocenters. The molecule has 3 aliphatic rings. The van der Waals surface area contributed by atoms with Crippen molar-refractivity contribution in [1.82, 2.24) is 4.90 Å². The van der Waals surface area contributed by atoms with Crippen molar-refractivity contribution in [3.05, 3.63) is 38.3 Å². The van der Waals surface area contributed by atoms with Crippen LogP contribution in [0.25, 0.3) is 0 Å². The Hall–Kier alpha value is -1.92. The predicted molar refractivity (Wildman–Crippen MR) is 125 cm³/mol. The summed E-state index contributed by atoms with van der Waals surface area (Å²) in [7, 11) is 0. The van der Waals surface area contributed by atoms with Crippen LogP contribution in [-0.2, 0) is 16.0 Å². The average molecular weight is 461 g/mol. The van der Waals surface area contributed by atoms with E-state index in [1.807, 2.05) is 19.9 Å². The lowest BCUT2D eigenvalue weighted by atomic mass is 9.93. The number of anilines is 1. The highest BCUT2D eigenvalue weighted by Gasteiger charge is 2.34. The Bertz CT molecular complexity index is 997. The summed E-state index contributed by atoms with van der Waals surface area (Å²) in [5.41, 5.74) is 3.31. The molecule has 1 saturated carbocycles. The zero-order valence-corrected chi connectivity index (χ0v) is 20.0. The molecule has 1 fully saturated rings. The van der Waals surface area contributed by atoms with Crippen molar-refractivity contribution < 1.29 is 14.4 Å². The second kappa shape index (κ2) is 8.91. The number of hydrogen-bond acceptors (Lipinski definition) is 5. The second-order valence-corrected chi connectivity index (χ2v) is 10.3. The molecular weight excluding hydrogens is 432 g/mol. The molecule has 1 amide bonds. The SMILES string of the molecule is CCN(c1sc2c(c1C)C(=O)N(CC1=C(Cl)C=C(C)CC1=O)CC2)C1CCC(=O)CC1. The second-order valence-electron chi connectivity index (χ2n) is 8.78. The molecule has 0 atom stereocenters. The molecule has 31 heavy (non-hydrogen) atoms. The normalized spacial score (nSPS) is 20.3. The lowest BCUT2D eigenvalue weighted by Gasteiger charge is -2.34. The molecule has 166 valence electrons. The van der Waals surface area contributed by atoms with Crippen molar-refractivity contribution in [1.29, 1.82) is 0 Å². The summed E-state index contributed by atoms with van der Waals surface area (Å²) in [6.07, 6.45) is 6.07.